The third kappa shape index (κ3) is 3.60. The number of carbonyl (C=O) groups is 2. The van der Waals surface area contributed by atoms with Gasteiger partial charge in [0.15, 0.2) is 17.9 Å². The largest absolute Gasteiger partial charge is 0.355 e. The zero-order valence-electron chi connectivity index (χ0n) is 15.5. The molecule has 4 heteroatoms. The summed E-state index contributed by atoms with van der Waals surface area (Å²) in [7, 11) is 3.17. The Balaban J connectivity index is 2.56. The first-order valence-electron chi connectivity index (χ1n) is 8.63. The van der Waals surface area contributed by atoms with E-state index in [9.17, 15) is 9.59 Å². The lowest BCUT2D eigenvalue weighted by Crippen LogP contribution is -2.48. The minimum Gasteiger partial charge on any atom is -0.355 e. The second-order valence-electron chi connectivity index (χ2n) is 6.99. The second kappa shape index (κ2) is 8.07. The molecule has 0 aromatic rings. The molecule has 0 unspecified atom stereocenters. The lowest BCUT2D eigenvalue weighted by atomic mass is 9.60. The van der Waals surface area contributed by atoms with Crippen molar-refractivity contribution in [3.05, 3.63) is 48.6 Å². The summed E-state index contributed by atoms with van der Waals surface area (Å²) in [5, 5.41) is 0. The number of hydrogen-bond donors (Lipinski definition) is 0. The van der Waals surface area contributed by atoms with E-state index in [2.05, 4.69) is 13.2 Å². The molecule has 0 fully saturated rings. The van der Waals surface area contributed by atoms with Crippen LogP contribution in [-0.2, 0) is 19.1 Å². The van der Waals surface area contributed by atoms with Gasteiger partial charge in [-0.1, -0.05) is 30.4 Å². The van der Waals surface area contributed by atoms with Crippen molar-refractivity contribution in [1.29, 1.82) is 0 Å². The van der Waals surface area contributed by atoms with Gasteiger partial charge in [-0.2, -0.15) is 0 Å². The van der Waals surface area contributed by atoms with Gasteiger partial charge in [0.1, 0.15) is 0 Å². The van der Waals surface area contributed by atoms with Crippen LogP contribution < -0.4 is 0 Å². The summed E-state index contributed by atoms with van der Waals surface area (Å²) < 4.78 is 11.0. The first kappa shape index (κ1) is 19.5. The lowest BCUT2D eigenvalue weighted by molar-refractivity contribution is -0.151. The highest BCUT2D eigenvalue weighted by atomic mass is 16.7. The van der Waals surface area contributed by atoms with Gasteiger partial charge < -0.3 is 9.47 Å². The molecule has 0 aromatic carbocycles. The molecule has 0 radical (unpaired) electrons. The number of ether oxygens (including phenoxy) is 2. The first-order valence-corrected chi connectivity index (χ1v) is 8.63. The Bertz CT molecular complexity index is 624. The quantitative estimate of drug-likeness (QED) is 0.546. The van der Waals surface area contributed by atoms with Crippen LogP contribution in [0.5, 0.6) is 0 Å². The van der Waals surface area contributed by atoms with Gasteiger partial charge in [-0.15, -0.1) is 6.58 Å². The van der Waals surface area contributed by atoms with Crippen molar-refractivity contribution in [2.24, 2.45) is 29.6 Å². The van der Waals surface area contributed by atoms with Gasteiger partial charge in [0, 0.05) is 37.9 Å². The number of methoxy groups -OCH3 is 2. The molecule has 5 atom stereocenters. The predicted octanol–water partition coefficient (Wildman–Crippen LogP) is 3.51. The molecule has 0 saturated carbocycles. The molecular formula is C21H28O4. The Morgan fingerprint density at radius 1 is 1.28 bits per heavy atom. The summed E-state index contributed by atoms with van der Waals surface area (Å²) in [5.41, 5.74) is 1.51. The molecule has 0 heterocycles. The highest BCUT2D eigenvalue weighted by Crippen LogP contribution is 2.46. The molecule has 0 aromatic heterocycles. The van der Waals surface area contributed by atoms with Gasteiger partial charge in [0.05, 0.1) is 0 Å². The van der Waals surface area contributed by atoms with Crippen LogP contribution in [0, 0.1) is 29.6 Å². The van der Waals surface area contributed by atoms with Crippen molar-refractivity contribution in [2.45, 2.75) is 26.6 Å². The van der Waals surface area contributed by atoms with E-state index in [-0.39, 0.29) is 29.3 Å². The van der Waals surface area contributed by atoms with Gasteiger partial charge >= 0.3 is 0 Å². The molecule has 4 nitrogen and oxygen atoms in total. The fourth-order valence-corrected chi connectivity index (χ4v) is 4.32. The van der Waals surface area contributed by atoms with Crippen molar-refractivity contribution in [1.82, 2.24) is 0 Å². The SMILES string of the molecule is C=C[C@H]1CC=CC(=O)[C@@H]1[C@H]1C(=O)C(C)=C[C@@H](C(OC)OC)[C@@H]1C(=C)C. The molecule has 25 heavy (non-hydrogen) atoms. The Kier molecular flexibility index (Phi) is 6.31. The van der Waals surface area contributed by atoms with Crippen LogP contribution in [0.2, 0.25) is 0 Å². The molecule has 0 bridgehead atoms. The molecular weight excluding hydrogens is 316 g/mol. The van der Waals surface area contributed by atoms with E-state index < -0.39 is 18.1 Å². The van der Waals surface area contributed by atoms with Gasteiger partial charge in [-0.05, 0) is 37.8 Å². The highest BCUT2D eigenvalue weighted by Gasteiger charge is 2.49. The van der Waals surface area contributed by atoms with Crippen LogP contribution in [0.15, 0.2) is 48.6 Å². The summed E-state index contributed by atoms with van der Waals surface area (Å²) in [4.78, 5) is 25.8. The van der Waals surface area contributed by atoms with Gasteiger partial charge in [0.25, 0.3) is 0 Å². The van der Waals surface area contributed by atoms with Crippen LogP contribution in [0.25, 0.3) is 0 Å². The minimum atomic E-state index is -0.497. The fraction of sp³-hybridized carbons (Fsp3) is 0.524. The lowest BCUT2D eigenvalue weighted by Gasteiger charge is -2.43. The third-order valence-corrected chi connectivity index (χ3v) is 5.45. The van der Waals surface area contributed by atoms with Crippen LogP contribution in [-0.4, -0.2) is 32.1 Å². The van der Waals surface area contributed by atoms with E-state index >= 15 is 0 Å². The maximum Gasteiger partial charge on any atom is 0.163 e. The summed E-state index contributed by atoms with van der Waals surface area (Å²) in [6.45, 7) is 11.7. The number of allylic oxidation sites excluding steroid dienone is 5. The molecule has 2 rings (SSSR count). The third-order valence-electron chi connectivity index (χ3n) is 5.45. The summed E-state index contributed by atoms with van der Waals surface area (Å²) in [6.07, 6.45) is 7.38. The number of Topliss-reactive ketones (excluding diaryl/α,β-unsaturated/α-hetero) is 1. The van der Waals surface area contributed by atoms with Crippen LogP contribution >= 0.6 is 0 Å². The Morgan fingerprint density at radius 2 is 1.92 bits per heavy atom. The molecule has 0 N–H and O–H groups in total. The Morgan fingerprint density at radius 3 is 2.44 bits per heavy atom. The van der Waals surface area contributed by atoms with Crippen LogP contribution in [0.4, 0.5) is 0 Å². The van der Waals surface area contributed by atoms with Crippen molar-refractivity contribution in [3.8, 4) is 0 Å². The summed E-state index contributed by atoms with van der Waals surface area (Å²) in [5.74, 6) is -1.33. The number of hydrogen-bond acceptors (Lipinski definition) is 4. The first-order chi connectivity index (χ1) is 11.9. The van der Waals surface area contributed by atoms with Crippen molar-refractivity contribution in [2.75, 3.05) is 14.2 Å². The zero-order valence-corrected chi connectivity index (χ0v) is 15.5. The van der Waals surface area contributed by atoms with E-state index in [1.807, 2.05) is 19.1 Å². The van der Waals surface area contributed by atoms with Crippen molar-refractivity contribution >= 4 is 11.6 Å². The number of ketones is 2. The fourth-order valence-electron chi connectivity index (χ4n) is 4.32. The highest BCUT2D eigenvalue weighted by molar-refractivity contribution is 6.03. The maximum atomic E-state index is 13.1. The standard InChI is InChI=1S/C21H28O4/c1-7-14-9-8-10-16(22)18(14)19-17(12(2)3)15(21(24-5)25-6)11-13(4)20(19)23/h7-8,10-11,14-15,17-19,21H,1-2,9H2,3-6H3/t14-,15+,17-,18+,19-/m0/s1. The zero-order chi connectivity index (χ0) is 18.7. The van der Waals surface area contributed by atoms with Crippen molar-refractivity contribution in [3.63, 3.8) is 0 Å². The molecule has 2 aliphatic rings. The topological polar surface area (TPSA) is 52.6 Å². The smallest absolute Gasteiger partial charge is 0.163 e. The molecule has 0 aliphatic heterocycles. The second-order valence-corrected chi connectivity index (χ2v) is 6.99. The number of rotatable bonds is 6. The average Bonchev–Trinajstić information content (AvgIpc) is 2.58. The summed E-state index contributed by atoms with van der Waals surface area (Å²) in [6, 6.07) is 0. The molecule has 0 spiro atoms. The predicted molar refractivity (Wildman–Crippen MR) is 97.8 cm³/mol. The van der Waals surface area contributed by atoms with Crippen LogP contribution in [0.3, 0.4) is 0 Å². The Hall–Kier alpha value is -1.78. The van der Waals surface area contributed by atoms with Crippen LogP contribution in [0.1, 0.15) is 20.3 Å². The van der Waals surface area contributed by atoms with Crippen molar-refractivity contribution < 1.29 is 19.1 Å². The van der Waals surface area contributed by atoms with E-state index in [0.29, 0.717) is 5.57 Å². The molecule has 0 amide bonds. The molecule has 136 valence electrons. The van der Waals surface area contributed by atoms with E-state index in [1.165, 1.54) is 0 Å². The van der Waals surface area contributed by atoms with E-state index in [1.54, 1.807) is 33.3 Å². The Labute approximate surface area is 150 Å². The van der Waals surface area contributed by atoms with Gasteiger partial charge in [-0.3, -0.25) is 9.59 Å². The average molecular weight is 344 g/mol. The maximum absolute atomic E-state index is 13.1. The van der Waals surface area contributed by atoms with E-state index in [0.717, 1.165) is 12.0 Å². The van der Waals surface area contributed by atoms with Gasteiger partial charge in [0.2, 0.25) is 0 Å². The molecule has 2 aliphatic carbocycles. The summed E-state index contributed by atoms with van der Waals surface area (Å²) >= 11 is 0. The minimum absolute atomic E-state index is 0.00991. The monoisotopic (exact) mass is 344 g/mol. The molecule has 0 saturated heterocycles. The number of carbonyl (C=O) groups excluding carboxylic acids is 2. The van der Waals surface area contributed by atoms with E-state index in [4.69, 9.17) is 9.47 Å². The normalized spacial score (nSPS) is 32.7. The van der Waals surface area contributed by atoms with Gasteiger partial charge in [-0.25, -0.2) is 0 Å².